The fourth-order valence-corrected chi connectivity index (χ4v) is 3.09. The van der Waals surface area contributed by atoms with Gasteiger partial charge in [-0.25, -0.2) is 4.39 Å². The summed E-state index contributed by atoms with van der Waals surface area (Å²) in [6.45, 7) is 9.52. The predicted octanol–water partition coefficient (Wildman–Crippen LogP) is 5.84. The fraction of sp³-hybridized carbons (Fsp3) is 0.684. The van der Waals surface area contributed by atoms with Crippen LogP contribution in [-0.2, 0) is 0 Å². The van der Waals surface area contributed by atoms with Crippen LogP contribution >= 0.6 is 0 Å². The number of nitrogens with one attached hydrogen (secondary N) is 1. The van der Waals surface area contributed by atoms with E-state index < -0.39 is 0 Å². The summed E-state index contributed by atoms with van der Waals surface area (Å²) >= 11 is 0. The minimum atomic E-state index is -0.120. The van der Waals surface area contributed by atoms with Crippen molar-refractivity contribution in [2.45, 2.75) is 78.7 Å². The van der Waals surface area contributed by atoms with Gasteiger partial charge in [0, 0.05) is 6.04 Å². The SMILES string of the molecule is CCCCCCCC(NCCC)c1c(C)cc(F)cc1C. The molecule has 1 aromatic rings. The first-order valence-electron chi connectivity index (χ1n) is 8.60. The Hall–Kier alpha value is -0.890. The van der Waals surface area contributed by atoms with Crippen molar-refractivity contribution in [3.63, 3.8) is 0 Å². The molecule has 0 aromatic heterocycles. The van der Waals surface area contributed by atoms with Gasteiger partial charge < -0.3 is 5.32 Å². The molecule has 0 saturated carbocycles. The molecule has 0 bridgehead atoms. The topological polar surface area (TPSA) is 12.0 Å². The van der Waals surface area contributed by atoms with E-state index in [2.05, 4.69) is 19.2 Å². The Labute approximate surface area is 130 Å². The predicted molar refractivity (Wildman–Crippen MR) is 90.3 cm³/mol. The zero-order chi connectivity index (χ0) is 15.7. The summed E-state index contributed by atoms with van der Waals surface area (Å²) < 4.78 is 13.5. The molecule has 1 rings (SSSR count). The van der Waals surface area contributed by atoms with Crippen LogP contribution in [0, 0.1) is 19.7 Å². The third kappa shape index (κ3) is 6.17. The molecule has 0 spiro atoms. The Bertz CT molecular complexity index is 391. The second-order valence-electron chi connectivity index (χ2n) is 6.16. The van der Waals surface area contributed by atoms with Gasteiger partial charge in [0.1, 0.15) is 5.82 Å². The number of halogens is 1. The Morgan fingerprint density at radius 3 is 2.14 bits per heavy atom. The van der Waals surface area contributed by atoms with Gasteiger partial charge in [-0.15, -0.1) is 0 Å². The molecule has 0 fully saturated rings. The van der Waals surface area contributed by atoms with Crippen LogP contribution in [0.4, 0.5) is 4.39 Å². The quantitative estimate of drug-likeness (QED) is 0.534. The van der Waals surface area contributed by atoms with Gasteiger partial charge in [-0.05, 0) is 62.1 Å². The van der Waals surface area contributed by atoms with E-state index in [-0.39, 0.29) is 5.82 Å². The van der Waals surface area contributed by atoms with Crippen molar-refractivity contribution < 1.29 is 4.39 Å². The van der Waals surface area contributed by atoms with Gasteiger partial charge in [0.15, 0.2) is 0 Å². The van der Waals surface area contributed by atoms with Crippen LogP contribution in [0.25, 0.3) is 0 Å². The number of benzene rings is 1. The highest BCUT2D eigenvalue weighted by Crippen LogP contribution is 2.27. The molecule has 1 unspecified atom stereocenters. The average Bonchev–Trinajstić information content (AvgIpc) is 2.42. The van der Waals surface area contributed by atoms with Gasteiger partial charge in [0.2, 0.25) is 0 Å². The van der Waals surface area contributed by atoms with Gasteiger partial charge >= 0.3 is 0 Å². The Kier molecular flexibility index (Phi) is 8.60. The first-order valence-corrected chi connectivity index (χ1v) is 8.60. The number of rotatable bonds is 10. The van der Waals surface area contributed by atoms with Crippen molar-refractivity contribution >= 4 is 0 Å². The molecule has 0 heterocycles. The molecular formula is C19H32FN. The summed E-state index contributed by atoms with van der Waals surface area (Å²) in [4.78, 5) is 0. The maximum atomic E-state index is 13.5. The van der Waals surface area contributed by atoms with E-state index in [1.165, 1.54) is 37.7 Å². The second kappa shape index (κ2) is 9.94. The molecule has 1 nitrogen and oxygen atoms in total. The maximum absolute atomic E-state index is 13.5. The molecule has 1 atom stereocenters. The molecule has 21 heavy (non-hydrogen) atoms. The van der Waals surface area contributed by atoms with Gasteiger partial charge in [-0.1, -0.05) is 46.0 Å². The summed E-state index contributed by atoms with van der Waals surface area (Å²) in [5, 5.41) is 3.66. The summed E-state index contributed by atoms with van der Waals surface area (Å²) in [6.07, 6.45) is 8.78. The summed E-state index contributed by atoms with van der Waals surface area (Å²) in [5.74, 6) is -0.120. The normalized spacial score (nSPS) is 12.6. The lowest BCUT2D eigenvalue weighted by molar-refractivity contribution is 0.464. The van der Waals surface area contributed by atoms with Gasteiger partial charge in [-0.2, -0.15) is 0 Å². The largest absolute Gasteiger partial charge is 0.310 e. The molecular weight excluding hydrogens is 261 g/mol. The highest BCUT2D eigenvalue weighted by molar-refractivity contribution is 5.36. The first kappa shape index (κ1) is 18.2. The van der Waals surface area contributed by atoms with Gasteiger partial charge in [0.05, 0.1) is 0 Å². The third-order valence-electron chi connectivity index (χ3n) is 4.14. The van der Waals surface area contributed by atoms with E-state index in [0.29, 0.717) is 6.04 Å². The lowest BCUT2D eigenvalue weighted by atomic mass is 9.92. The van der Waals surface area contributed by atoms with Crippen LogP contribution in [-0.4, -0.2) is 6.54 Å². The zero-order valence-electron chi connectivity index (χ0n) is 14.3. The Morgan fingerprint density at radius 1 is 0.952 bits per heavy atom. The molecule has 0 aliphatic carbocycles. The van der Waals surface area contributed by atoms with Crippen molar-refractivity contribution in [2.24, 2.45) is 0 Å². The maximum Gasteiger partial charge on any atom is 0.123 e. The van der Waals surface area contributed by atoms with E-state index in [1.807, 2.05) is 13.8 Å². The Morgan fingerprint density at radius 2 is 1.57 bits per heavy atom. The highest BCUT2D eigenvalue weighted by Gasteiger charge is 2.16. The molecule has 120 valence electrons. The lowest BCUT2D eigenvalue weighted by Gasteiger charge is -2.23. The monoisotopic (exact) mass is 293 g/mol. The van der Waals surface area contributed by atoms with Crippen molar-refractivity contribution in [3.05, 3.63) is 34.6 Å². The average molecular weight is 293 g/mol. The molecule has 0 radical (unpaired) electrons. The first-order chi connectivity index (χ1) is 10.1. The van der Waals surface area contributed by atoms with E-state index in [0.717, 1.165) is 30.5 Å². The van der Waals surface area contributed by atoms with Gasteiger partial charge in [0.25, 0.3) is 0 Å². The van der Waals surface area contributed by atoms with Crippen LogP contribution in [0.3, 0.4) is 0 Å². The van der Waals surface area contributed by atoms with Crippen molar-refractivity contribution in [2.75, 3.05) is 6.54 Å². The van der Waals surface area contributed by atoms with Crippen molar-refractivity contribution in [1.82, 2.24) is 5.32 Å². The second-order valence-corrected chi connectivity index (χ2v) is 6.16. The fourth-order valence-electron chi connectivity index (χ4n) is 3.09. The molecule has 0 amide bonds. The van der Waals surface area contributed by atoms with E-state index >= 15 is 0 Å². The highest BCUT2D eigenvalue weighted by atomic mass is 19.1. The van der Waals surface area contributed by atoms with E-state index in [4.69, 9.17) is 0 Å². The molecule has 0 saturated heterocycles. The van der Waals surface area contributed by atoms with Crippen LogP contribution < -0.4 is 5.32 Å². The van der Waals surface area contributed by atoms with Crippen molar-refractivity contribution in [3.8, 4) is 0 Å². The summed E-state index contributed by atoms with van der Waals surface area (Å²) in [7, 11) is 0. The van der Waals surface area contributed by atoms with Crippen LogP contribution in [0.2, 0.25) is 0 Å². The minimum Gasteiger partial charge on any atom is -0.310 e. The third-order valence-corrected chi connectivity index (χ3v) is 4.14. The molecule has 2 heteroatoms. The van der Waals surface area contributed by atoms with Gasteiger partial charge in [-0.3, -0.25) is 0 Å². The van der Waals surface area contributed by atoms with Crippen LogP contribution in [0.15, 0.2) is 12.1 Å². The summed E-state index contributed by atoms with van der Waals surface area (Å²) in [5.41, 5.74) is 3.46. The summed E-state index contributed by atoms with van der Waals surface area (Å²) in [6, 6.07) is 3.70. The standard InChI is InChI=1S/C19H32FN/c1-5-7-8-9-10-11-18(21-12-6-2)19-15(3)13-17(20)14-16(19)4/h13-14,18,21H,5-12H2,1-4H3. The number of hydrogen-bond donors (Lipinski definition) is 1. The zero-order valence-corrected chi connectivity index (χ0v) is 14.3. The number of hydrogen-bond acceptors (Lipinski definition) is 1. The number of aryl methyl sites for hydroxylation is 2. The van der Waals surface area contributed by atoms with Crippen LogP contribution in [0.5, 0.6) is 0 Å². The van der Waals surface area contributed by atoms with Crippen LogP contribution in [0.1, 0.15) is 81.5 Å². The molecule has 0 aliphatic heterocycles. The lowest BCUT2D eigenvalue weighted by Crippen LogP contribution is -2.24. The molecule has 1 N–H and O–H groups in total. The van der Waals surface area contributed by atoms with E-state index in [1.54, 1.807) is 12.1 Å². The Balaban J connectivity index is 2.72. The van der Waals surface area contributed by atoms with E-state index in [9.17, 15) is 4.39 Å². The minimum absolute atomic E-state index is 0.120. The number of unbranched alkanes of at least 4 members (excludes halogenated alkanes) is 4. The molecule has 0 aliphatic rings. The van der Waals surface area contributed by atoms with Crippen molar-refractivity contribution in [1.29, 1.82) is 0 Å². The molecule has 1 aromatic carbocycles. The smallest absolute Gasteiger partial charge is 0.123 e.